The van der Waals surface area contributed by atoms with Crippen molar-refractivity contribution in [3.8, 4) is 5.75 Å². The van der Waals surface area contributed by atoms with Gasteiger partial charge in [0.05, 0.1) is 0 Å². The van der Waals surface area contributed by atoms with Crippen LogP contribution >= 0.6 is 0 Å². The highest BCUT2D eigenvalue weighted by molar-refractivity contribution is 6.60. The molecule has 0 aliphatic carbocycles. The van der Waals surface area contributed by atoms with E-state index >= 15 is 0 Å². The van der Waals surface area contributed by atoms with Gasteiger partial charge >= 0.3 is 7.12 Å². The highest BCUT2D eigenvalue weighted by Gasteiger charge is 2.18. The molecule has 0 aliphatic rings. The average molecular weight is 166 g/mol. The summed E-state index contributed by atoms with van der Waals surface area (Å²) in [7, 11) is -1.61. The summed E-state index contributed by atoms with van der Waals surface area (Å²) in [5.74, 6) is -0.0671. The summed E-state index contributed by atoms with van der Waals surface area (Å²) >= 11 is 0. The molecular weight excluding hydrogens is 155 g/mol. The third kappa shape index (κ3) is 1.60. The van der Waals surface area contributed by atoms with Crippen molar-refractivity contribution < 1.29 is 15.2 Å². The van der Waals surface area contributed by atoms with Crippen LogP contribution in [0.3, 0.4) is 0 Å². The maximum atomic E-state index is 9.32. The van der Waals surface area contributed by atoms with Crippen LogP contribution in [0, 0.1) is 13.8 Å². The van der Waals surface area contributed by atoms with E-state index in [1.54, 1.807) is 13.0 Å². The van der Waals surface area contributed by atoms with Crippen molar-refractivity contribution in [2.45, 2.75) is 13.8 Å². The zero-order chi connectivity index (χ0) is 9.30. The molecule has 3 N–H and O–H groups in total. The highest BCUT2D eigenvalue weighted by Crippen LogP contribution is 2.12. The molecule has 12 heavy (non-hydrogen) atoms. The predicted molar refractivity (Wildman–Crippen MR) is 47.4 cm³/mol. The van der Waals surface area contributed by atoms with Gasteiger partial charge in [0.25, 0.3) is 0 Å². The molecule has 0 bridgehead atoms. The summed E-state index contributed by atoms with van der Waals surface area (Å²) in [6.07, 6.45) is 0. The van der Waals surface area contributed by atoms with Gasteiger partial charge in [0, 0.05) is 5.46 Å². The Labute approximate surface area is 71.4 Å². The van der Waals surface area contributed by atoms with E-state index in [1.807, 2.05) is 6.92 Å². The fourth-order valence-electron chi connectivity index (χ4n) is 1.29. The molecular formula is C8H11BO3. The van der Waals surface area contributed by atoms with Gasteiger partial charge in [-0.2, -0.15) is 0 Å². The molecule has 64 valence electrons. The molecule has 0 amide bonds. The minimum absolute atomic E-state index is 0.0671. The normalized spacial score (nSPS) is 10.0. The molecule has 0 unspecified atom stereocenters. The van der Waals surface area contributed by atoms with Gasteiger partial charge in [-0.15, -0.1) is 0 Å². The van der Waals surface area contributed by atoms with Crippen LogP contribution < -0.4 is 5.46 Å². The first kappa shape index (κ1) is 9.10. The lowest BCUT2D eigenvalue weighted by Crippen LogP contribution is -2.32. The lowest BCUT2D eigenvalue weighted by molar-refractivity contribution is 0.419. The zero-order valence-corrected chi connectivity index (χ0v) is 7.07. The van der Waals surface area contributed by atoms with Gasteiger partial charge < -0.3 is 15.2 Å². The first-order chi connectivity index (χ1) is 5.52. The number of aromatic hydroxyl groups is 1. The topological polar surface area (TPSA) is 60.7 Å². The van der Waals surface area contributed by atoms with E-state index < -0.39 is 7.12 Å². The minimum Gasteiger partial charge on any atom is -0.508 e. The average Bonchev–Trinajstić information content (AvgIpc) is 1.82. The molecule has 4 heteroatoms. The smallest absolute Gasteiger partial charge is 0.492 e. The molecule has 0 aromatic heterocycles. The summed E-state index contributed by atoms with van der Waals surface area (Å²) in [5.41, 5.74) is 1.76. The monoisotopic (exact) mass is 166 g/mol. The first-order valence-electron chi connectivity index (χ1n) is 3.68. The fourth-order valence-corrected chi connectivity index (χ4v) is 1.29. The fraction of sp³-hybridized carbons (Fsp3) is 0.250. The Morgan fingerprint density at radius 2 is 1.75 bits per heavy atom. The Morgan fingerprint density at radius 3 is 2.17 bits per heavy atom. The molecule has 0 saturated heterocycles. The summed E-state index contributed by atoms with van der Waals surface area (Å²) < 4.78 is 0. The van der Waals surface area contributed by atoms with Gasteiger partial charge in [0.1, 0.15) is 5.75 Å². The molecule has 0 heterocycles. The summed E-state index contributed by atoms with van der Waals surface area (Å²) in [6, 6.07) is 3.29. The van der Waals surface area contributed by atoms with Crippen LogP contribution in [-0.4, -0.2) is 22.3 Å². The summed E-state index contributed by atoms with van der Waals surface area (Å²) in [5, 5.41) is 27.1. The molecule has 1 aromatic rings. The molecule has 1 aromatic carbocycles. The van der Waals surface area contributed by atoms with Crippen LogP contribution in [0.2, 0.25) is 0 Å². The van der Waals surface area contributed by atoms with E-state index in [4.69, 9.17) is 10.0 Å². The first-order valence-corrected chi connectivity index (χ1v) is 3.68. The van der Waals surface area contributed by atoms with Crippen molar-refractivity contribution in [3.05, 3.63) is 23.3 Å². The van der Waals surface area contributed by atoms with Crippen LogP contribution in [0.5, 0.6) is 5.75 Å². The van der Waals surface area contributed by atoms with Gasteiger partial charge in [0.2, 0.25) is 0 Å². The maximum Gasteiger partial charge on any atom is 0.492 e. The molecule has 0 atom stereocenters. The molecule has 0 fully saturated rings. The highest BCUT2D eigenvalue weighted by atomic mass is 16.4. The molecule has 1 rings (SSSR count). The quantitative estimate of drug-likeness (QED) is 0.501. The lowest BCUT2D eigenvalue weighted by Gasteiger charge is -2.07. The van der Waals surface area contributed by atoms with E-state index in [0.717, 1.165) is 5.56 Å². The van der Waals surface area contributed by atoms with Gasteiger partial charge in [-0.1, -0.05) is 6.07 Å². The number of hydrogen-bond donors (Lipinski definition) is 3. The van der Waals surface area contributed by atoms with E-state index in [2.05, 4.69) is 0 Å². The second-order valence-electron chi connectivity index (χ2n) is 2.89. The SMILES string of the molecule is Cc1cc(C)c(B(O)O)c(O)c1. The van der Waals surface area contributed by atoms with Crippen molar-refractivity contribution in [1.29, 1.82) is 0 Å². The molecule has 3 nitrogen and oxygen atoms in total. The number of phenolic OH excluding ortho intramolecular Hbond substituents is 1. The van der Waals surface area contributed by atoms with Crippen LogP contribution in [0.1, 0.15) is 11.1 Å². The van der Waals surface area contributed by atoms with Crippen molar-refractivity contribution in [2.75, 3.05) is 0 Å². The molecule has 0 radical (unpaired) electrons. The Balaban J connectivity index is 3.28. The maximum absolute atomic E-state index is 9.32. The van der Waals surface area contributed by atoms with E-state index in [-0.39, 0.29) is 11.2 Å². The van der Waals surface area contributed by atoms with Gasteiger partial charge in [-0.3, -0.25) is 0 Å². The summed E-state index contributed by atoms with van der Waals surface area (Å²) in [4.78, 5) is 0. The number of hydrogen-bond acceptors (Lipinski definition) is 3. The second kappa shape index (κ2) is 3.17. The van der Waals surface area contributed by atoms with Crippen molar-refractivity contribution in [1.82, 2.24) is 0 Å². The van der Waals surface area contributed by atoms with Crippen molar-refractivity contribution in [3.63, 3.8) is 0 Å². The van der Waals surface area contributed by atoms with Crippen LogP contribution in [0.15, 0.2) is 12.1 Å². The number of aryl methyl sites for hydroxylation is 2. The van der Waals surface area contributed by atoms with Crippen molar-refractivity contribution in [2.24, 2.45) is 0 Å². The minimum atomic E-state index is -1.61. The zero-order valence-electron chi connectivity index (χ0n) is 7.07. The van der Waals surface area contributed by atoms with E-state index in [1.165, 1.54) is 6.07 Å². The molecule has 0 saturated carbocycles. The van der Waals surface area contributed by atoms with Crippen molar-refractivity contribution >= 4 is 12.6 Å². The Kier molecular flexibility index (Phi) is 2.40. The van der Waals surface area contributed by atoms with E-state index in [0.29, 0.717) is 5.56 Å². The van der Waals surface area contributed by atoms with Gasteiger partial charge in [-0.05, 0) is 31.0 Å². The third-order valence-electron chi connectivity index (χ3n) is 1.77. The lowest BCUT2D eigenvalue weighted by atomic mass is 9.76. The number of benzene rings is 1. The Hall–Kier alpha value is -0.995. The third-order valence-corrected chi connectivity index (χ3v) is 1.77. The Bertz CT molecular complexity index is 273. The van der Waals surface area contributed by atoms with Crippen LogP contribution in [0.25, 0.3) is 0 Å². The number of rotatable bonds is 1. The van der Waals surface area contributed by atoms with Crippen LogP contribution in [0.4, 0.5) is 0 Å². The Morgan fingerprint density at radius 1 is 1.17 bits per heavy atom. The van der Waals surface area contributed by atoms with Crippen LogP contribution in [-0.2, 0) is 0 Å². The van der Waals surface area contributed by atoms with Gasteiger partial charge in [0.15, 0.2) is 0 Å². The number of phenols is 1. The van der Waals surface area contributed by atoms with Gasteiger partial charge in [-0.25, -0.2) is 0 Å². The summed E-state index contributed by atoms with van der Waals surface area (Å²) in [6.45, 7) is 3.56. The van der Waals surface area contributed by atoms with E-state index in [9.17, 15) is 5.11 Å². The molecule has 0 spiro atoms. The predicted octanol–water partition coefficient (Wildman–Crippen LogP) is -0.311. The standard InChI is InChI=1S/C8H11BO3/c1-5-3-6(2)8(9(11)12)7(10)4-5/h3-4,10-12H,1-2H3. The second-order valence-corrected chi connectivity index (χ2v) is 2.89. The largest absolute Gasteiger partial charge is 0.508 e. The molecule has 0 aliphatic heterocycles.